The van der Waals surface area contributed by atoms with E-state index < -0.39 is 0 Å². The molecule has 3 unspecified atom stereocenters. The molecule has 0 aliphatic carbocycles. The molecule has 0 N–H and O–H groups in total. The zero-order chi connectivity index (χ0) is 47.5. The average molecular weight is 915 g/mol. The molecule has 65 heavy (non-hydrogen) atoms. The van der Waals surface area contributed by atoms with E-state index in [-0.39, 0.29) is 5.97 Å². The molecule has 3 nitrogen and oxygen atoms in total. The number of unbranched alkanes of at least 4 members (excludes halogenated alkanes) is 35. The largest absolute Gasteiger partial charge is 0.465 e. The molecule has 0 aromatic heterocycles. The second-order valence-electron chi connectivity index (χ2n) is 22.2. The summed E-state index contributed by atoms with van der Waals surface area (Å²) >= 11 is 0. The molecule has 0 saturated heterocycles. The zero-order valence-electron chi connectivity index (χ0n) is 46.2. The lowest BCUT2D eigenvalue weighted by molar-refractivity contribution is -0.145. The van der Waals surface area contributed by atoms with Gasteiger partial charge >= 0.3 is 5.97 Å². The Balaban J connectivity index is 4.71. The van der Waals surface area contributed by atoms with E-state index >= 15 is 0 Å². The van der Waals surface area contributed by atoms with Gasteiger partial charge in [-0.05, 0) is 96.2 Å². The Kier molecular flexibility index (Phi) is 51.9. The minimum Gasteiger partial charge on any atom is -0.465 e. The molecule has 0 rings (SSSR count). The van der Waals surface area contributed by atoms with Crippen molar-refractivity contribution in [3.8, 4) is 0 Å². The van der Waals surface area contributed by atoms with E-state index in [4.69, 9.17) is 4.74 Å². The molecule has 0 radical (unpaired) electrons. The highest BCUT2D eigenvalue weighted by molar-refractivity contribution is 5.69. The normalized spacial score (nSPS) is 13.5. The summed E-state index contributed by atoms with van der Waals surface area (Å²) in [5, 5.41) is 0. The maximum atomic E-state index is 12.3. The first-order valence-corrected chi connectivity index (χ1v) is 30.3. The van der Waals surface area contributed by atoms with Crippen molar-refractivity contribution in [2.24, 2.45) is 17.8 Å². The summed E-state index contributed by atoms with van der Waals surface area (Å²) in [6, 6.07) is 0. The molecule has 0 aromatic rings. The second kappa shape index (κ2) is 52.5. The van der Waals surface area contributed by atoms with E-state index in [0.717, 1.165) is 18.9 Å². The van der Waals surface area contributed by atoms with Crippen LogP contribution in [-0.2, 0) is 9.53 Å². The topological polar surface area (TPSA) is 29.5 Å². The maximum absolute atomic E-state index is 12.3. The molecule has 0 aliphatic heterocycles. The van der Waals surface area contributed by atoms with Crippen LogP contribution in [0.25, 0.3) is 0 Å². The van der Waals surface area contributed by atoms with Gasteiger partial charge in [-0.2, -0.15) is 0 Å². The van der Waals surface area contributed by atoms with Crippen molar-refractivity contribution < 1.29 is 9.53 Å². The van der Waals surface area contributed by atoms with Gasteiger partial charge in [0.15, 0.2) is 0 Å². The Morgan fingerprint density at radius 2 is 0.769 bits per heavy atom. The summed E-state index contributed by atoms with van der Waals surface area (Å²) in [5.41, 5.74) is 1.80. The van der Waals surface area contributed by atoms with E-state index in [9.17, 15) is 4.79 Å². The standard InChI is InChI=1S/C62H123NO2/c1-8-11-14-17-20-23-24-25-26-27-28-29-31-34-40-45-51-61(56-58(4)55-59(5)57-65-62(64)53-47-54-63(6)7)52-46-41-36-35-39-44-50-60(48-42-37-32-22-19-16-13-10-3)49-43-38-33-30-21-18-15-12-9-2/h50,58-59,61H,8-49,51-57H2,1-7H3. The van der Waals surface area contributed by atoms with Crippen molar-refractivity contribution in [2.75, 3.05) is 27.2 Å². The van der Waals surface area contributed by atoms with Crippen LogP contribution < -0.4 is 0 Å². The Bertz CT molecular complexity index is 958. The van der Waals surface area contributed by atoms with E-state index in [1.54, 1.807) is 5.57 Å². The summed E-state index contributed by atoms with van der Waals surface area (Å²) in [7, 11) is 4.13. The molecular formula is C62H123NO2. The molecular weight excluding hydrogens is 791 g/mol. The van der Waals surface area contributed by atoms with E-state index in [1.165, 1.54) is 289 Å². The number of ether oxygens (including phenoxy) is 1. The number of hydrogen-bond donors (Lipinski definition) is 0. The SMILES string of the molecule is CCCCCCCCCCCCCCCCCCC(CCCCCCCC=C(CCCCCCCCCC)CCCCCCCCCCC)CC(C)CC(C)COC(=O)CCCN(C)C. The molecule has 0 amide bonds. The van der Waals surface area contributed by atoms with Crippen LogP contribution in [0.3, 0.4) is 0 Å². The third-order valence-electron chi connectivity index (χ3n) is 14.7. The highest BCUT2D eigenvalue weighted by Crippen LogP contribution is 2.29. The Hall–Kier alpha value is -0.830. The molecule has 0 bridgehead atoms. The number of carbonyl (C=O) groups is 1. The summed E-state index contributed by atoms with van der Waals surface area (Å²) in [4.78, 5) is 14.5. The van der Waals surface area contributed by atoms with Gasteiger partial charge in [-0.15, -0.1) is 0 Å². The Labute approximate surface area is 411 Å². The molecule has 0 aliphatic rings. The van der Waals surface area contributed by atoms with Gasteiger partial charge in [0.05, 0.1) is 6.61 Å². The van der Waals surface area contributed by atoms with Crippen molar-refractivity contribution in [2.45, 2.75) is 336 Å². The summed E-state index contributed by atoms with van der Waals surface area (Å²) in [5.74, 6) is 1.99. The fraction of sp³-hybridized carbons (Fsp3) is 0.952. The monoisotopic (exact) mass is 914 g/mol. The van der Waals surface area contributed by atoms with Crippen molar-refractivity contribution in [1.82, 2.24) is 4.90 Å². The molecule has 0 aromatic carbocycles. The molecule has 0 spiro atoms. The quantitative estimate of drug-likeness (QED) is 0.0346. The summed E-state index contributed by atoms with van der Waals surface area (Å²) < 4.78 is 5.71. The van der Waals surface area contributed by atoms with E-state index in [1.807, 2.05) is 0 Å². The van der Waals surface area contributed by atoms with Crippen LogP contribution >= 0.6 is 0 Å². The van der Waals surface area contributed by atoms with Gasteiger partial charge in [-0.1, -0.05) is 284 Å². The van der Waals surface area contributed by atoms with Gasteiger partial charge in [0, 0.05) is 6.42 Å². The lowest BCUT2D eigenvalue weighted by Crippen LogP contribution is -2.18. The molecule has 0 heterocycles. The number of carbonyl (C=O) groups excluding carboxylic acids is 1. The maximum Gasteiger partial charge on any atom is 0.305 e. The highest BCUT2D eigenvalue weighted by atomic mass is 16.5. The van der Waals surface area contributed by atoms with Gasteiger partial charge < -0.3 is 9.64 Å². The van der Waals surface area contributed by atoms with E-state index in [2.05, 4.69) is 59.7 Å². The first kappa shape index (κ1) is 64.2. The van der Waals surface area contributed by atoms with Crippen LogP contribution in [0.5, 0.6) is 0 Å². The number of hydrogen-bond acceptors (Lipinski definition) is 3. The predicted molar refractivity (Wildman–Crippen MR) is 293 cm³/mol. The number of esters is 1. The van der Waals surface area contributed by atoms with Crippen LogP contribution in [0.4, 0.5) is 0 Å². The zero-order valence-corrected chi connectivity index (χ0v) is 46.2. The van der Waals surface area contributed by atoms with Crippen LogP contribution in [0, 0.1) is 17.8 Å². The molecule has 388 valence electrons. The first-order valence-electron chi connectivity index (χ1n) is 30.3. The van der Waals surface area contributed by atoms with Gasteiger partial charge in [0.2, 0.25) is 0 Å². The fourth-order valence-corrected chi connectivity index (χ4v) is 10.5. The predicted octanol–water partition coefficient (Wildman–Crippen LogP) is 21.3. The van der Waals surface area contributed by atoms with Crippen molar-refractivity contribution in [1.29, 1.82) is 0 Å². The highest BCUT2D eigenvalue weighted by Gasteiger charge is 2.17. The van der Waals surface area contributed by atoms with Crippen molar-refractivity contribution in [3.63, 3.8) is 0 Å². The minimum absolute atomic E-state index is 0.0166. The van der Waals surface area contributed by atoms with Gasteiger partial charge in [-0.3, -0.25) is 4.79 Å². The van der Waals surface area contributed by atoms with E-state index in [0.29, 0.717) is 24.9 Å². The molecule has 0 fully saturated rings. The van der Waals surface area contributed by atoms with Crippen molar-refractivity contribution in [3.05, 3.63) is 11.6 Å². The Morgan fingerprint density at radius 3 is 1.15 bits per heavy atom. The Morgan fingerprint density at radius 1 is 0.415 bits per heavy atom. The summed E-state index contributed by atoms with van der Waals surface area (Å²) in [6.07, 6.45) is 68.0. The summed E-state index contributed by atoms with van der Waals surface area (Å²) in [6.45, 7) is 13.3. The van der Waals surface area contributed by atoms with Gasteiger partial charge in [-0.25, -0.2) is 0 Å². The third kappa shape index (κ3) is 50.9. The molecule has 3 atom stereocenters. The fourth-order valence-electron chi connectivity index (χ4n) is 10.5. The minimum atomic E-state index is -0.0166. The average Bonchev–Trinajstić information content (AvgIpc) is 3.28. The first-order chi connectivity index (χ1) is 31.8. The van der Waals surface area contributed by atoms with Crippen LogP contribution in [-0.4, -0.2) is 38.1 Å². The van der Waals surface area contributed by atoms with Crippen LogP contribution in [0.15, 0.2) is 11.6 Å². The number of nitrogens with zero attached hydrogens (tertiary/aromatic N) is 1. The number of rotatable bonds is 54. The third-order valence-corrected chi connectivity index (χ3v) is 14.7. The molecule has 3 heteroatoms. The smallest absolute Gasteiger partial charge is 0.305 e. The molecule has 0 saturated carbocycles. The lowest BCUT2D eigenvalue weighted by atomic mass is 9.83. The van der Waals surface area contributed by atoms with Gasteiger partial charge in [0.25, 0.3) is 0 Å². The van der Waals surface area contributed by atoms with Gasteiger partial charge in [0.1, 0.15) is 0 Å². The van der Waals surface area contributed by atoms with Crippen LogP contribution in [0.1, 0.15) is 336 Å². The van der Waals surface area contributed by atoms with Crippen molar-refractivity contribution >= 4 is 5.97 Å². The lowest BCUT2D eigenvalue weighted by Gasteiger charge is -2.23. The number of allylic oxidation sites excluding steroid dienone is 2. The van der Waals surface area contributed by atoms with Crippen LogP contribution in [0.2, 0.25) is 0 Å². The second-order valence-corrected chi connectivity index (χ2v) is 22.2.